The van der Waals surface area contributed by atoms with Gasteiger partial charge in [-0.3, -0.25) is 4.79 Å². The van der Waals surface area contributed by atoms with E-state index in [4.69, 9.17) is 0 Å². The van der Waals surface area contributed by atoms with E-state index in [1.54, 1.807) is 26.0 Å². The smallest absolute Gasteiger partial charge is 0.334 e. The fourth-order valence-electron chi connectivity index (χ4n) is 3.68. The van der Waals surface area contributed by atoms with Gasteiger partial charge < -0.3 is 20.2 Å². The summed E-state index contributed by atoms with van der Waals surface area (Å²) in [5.74, 6) is -1.20. The maximum Gasteiger partial charge on any atom is 0.334 e. The van der Waals surface area contributed by atoms with Gasteiger partial charge in [0.25, 0.3) is 0 Å². The number of carboxylic acids is 1. The number of halogens is 3. The largest absolute Gasteiger partial charge is 0.480 e. The van der Waals surface area contributed by atoms with Crippen LogP contribution in [0.15, 0.2) is 47.4 Å². The molecule has 1 aliphatic carbocycles. The van der Waals surface area contributed by atoms with Crippen molar-refractivity contribution < 1.29 is 27.9 Å². The lowest BCUT2D eigenvalue weighted by atomic mass is 10.1. The molecule has 2 aromatic rings. The molecule has 0 radical (unpaired) electrons. The molecule has 6 nitrogen and oxygen atoms in total. The summed E-state index contributed by atoms with van der Waals surface area (Å²) >= 11 is 4.53. The van der Waals surface area contributed by atoms with Crippen molar-refractivity contribution in [3.8, 4) is 0 Å². The van der Waals surface area contributed by atoms with Gasteiger partial charge in [-0.05, 0) is 101 Å². The minimum absolute atomic E-state index is 0.00173. The van der Waals surface area contributed by atoms with Crippen molar-refractivity contribution in [3.05, 3.63) is 59.4 Å². The first-order valence-corrected chi connectivity index (χ1v) is 12.4. The molecule has 0 fully saturated rings. The number of urea groups is 1. The van der Waals surface area contributed by atoms with Crippen LogP contribution in [0.5, 0.6) is 0 Å². The lowest BCUT2D eigenvalue weighted by molar-refractivity contribution is -0.138. The van der Waals surface area contributed by atoms with E-state index in [0.29, 0.717) is 18.7 Å². The molecule has 1 aliphatic rings. The van der Waals surface area contributed by atoms with Gasteiger partial charge in [0, 0.05) is 29.7 Å². The molecule has 2 N–H and O–H groups in total. The van der Waals surface area contributed by atoms with E-state index in [0.717, 1.165) is 23.4 Å². The number of thioether (sulfide) groups is 1. The fraction of sp³-hybridized carbons (Fsp3) is 0.400. The minimum Gasteiger partial charge on any atom is -0.480 e. The molecule has 0 bridgehead atoms. The first-order valence-electron chi connectivity index (χ1n) is 11.2. The van der Waals surface area contributed by atoms with Crippen LogP contribution in [0.1, 0.15) is 25.0 Å². The molecule has 36 heavy (non-hydrogen) atoms. The highest BCUT2D eigenvalue weighted by molar-refractivity contribution is 8.01. The molecule has 196 valence electrons. The molecular formula is C25H30F3N3O3S2. The topological polar surface area (TPSA) is 72.9 Å². The van der Waals surface area contributed by atoms with Gasteiger partial charge in [-0.25, -0.2) is 9.18 Å². The number of carbonyl (C=O) groups excluding carboxylic acids is 1. The number of fused-ring (bicyclic) bond motifs is 1. The second-order valence-electron chi connectivity index (χ2n) is 9.07. The van der Waals surface area contributed by atoms with E-state index in [1.165, 1.54) is 29.5 Å². The first kappa shape index (κ1) is 29.6. The maximum absolute atomic E-state index is 13.2. The van der Waals surface area contributed by atoms with Crippen LogP contribution in [0.25, 0.3) is 0 Å². The van der Waals surface area contributed by atoms with Crippen LogP contribution < -0.4 is 5.32 Å². The lowest BCUT2D eigenvalue weighted by Gasteiger charge is -2.30. The zero-order valence-electron chi connectivity index (χ0n) is 20.6. The van der Waals surface area contributed by atoms with Crippen molar-refractivity contribution in [2.24, 2.45) is 0 Å². The van der Waals surface area contributed by atoms with Crippen LogP contribution in [0.2, 0.25) is 0 Å². The van der Waals surface area contributed by atoms with Gasteiger partial charge in [-0.2, -0.15) is 8.78 Å². The highest BCUT2D eigenvalue weighted by atomic mass is 32.2. The number of amides is 2. The lowest BCUT2D eigenvalue weighted by Crippen LogP contribution is -2.46. The average molecular weight is 542 g/mol. The maximum atomic E-state index is 13.2. The summed E-state index contributed by atoms with van der Waals surface area (Å²) in [7, 11) is 3.93. The molecule has 0 saturated heterocycles. The third kappa shape index (κ3) is 9.11. The predicted molar refractivity (Wildman–Crippen MR) is 141 cm³/mol. The summed E-state index contributed by atoms with van der Waals surface area (Å²) in [6, 6.07) is 11.6. The number of aliphatic carboxylic acids is 1. The number of likely N-dealkylation sites (N-methyl/N-ethyl adjacent to an activating group) is 1. The Hall–Kier alpha value is -2.63. The summed E-state index contributed by atoms with van der Waals surface area (Å²) in [5.41, 5.74) is 2.87. The molecule has 2 aromatic carbocycles. The van der Waals surface area contributed by atoms with Crippen LogP contribution in [0, 0.1) is 5.82 Å². The Labute approximate surface area is 218 Å². The summed E-state index contributed by atoms with van der Waals surface area (Å²) in [5, 5.41) is 10.3. The molecule has 1 atom stereocenters. The van der Waals surface area contributed by atoms with Gasteiger partial charge >= 0.3 is 17.4 Å². The van der Waals surface area contributed by atoms with E-state index < -0.39 is 16.1 Å². The highest BCUT2D eigenvalue weighted by Gasteiger charge is 2.32. The highest BCUT2D eigenvalue weighted by Crippen LogP contribution is 2.36. The molecule has 0 saturated carbocycles. The Bertz CT molecular complexity index is 1080. The summed E-state index contributed by atoms with van der Waals surface area (Å²) < 4.78 is 32.4. The third-order valence-electron chi connectivity index (χ3n) is 5.56. The van der Waals surface area contributed by atoms with Crippen LogP contribution in [-0.4, -0.2) is 70.3 Å². The predicted octanol–water partition coefficient (Wildman–Crippen LogP) is 5.55. The van der Waals surface area contributed by atoms with E-state index in [2.05, 4.69) is 17.5 Å². The Balaban J connectivity index is 0.00000106. The SMILES string of the molecule is CN(C)CCN(C(=O)Nc1ccc(F)cc1)C1Cc2ccc(SC(C)(C)C(=O)O)cc2C1.FC(F)=S. The Morgan fingerprint density at radius 1 is 1.08 bits per heavy atom. The van der Waals surface area contributed by atoms with Gasteiger partial charge in [0.2, 0.25) is 0 Å². The molecule has 0 heterocycles. The molecule has 0 spiro atoms. The summed E-state index contributed by atoms with van der Waals surface area (Å²) in [6.45, 7) is 4.67. The van der Waals surface area contributed by atoms with Gasteiger partial charge in [0.15, 0.2) is 0 Å². The van der Waals surface area contributed by atoms with E-state index in [9.17, 15) is 27.9 Å². The summed E-state index contributed by atoms with van der Waals surface area (Å²) in [6.07, 6.45) is 1.45. The number of carboxylic acid groups (broad SMARTS) is 1. The second kappa shape index (κ2) is 13.1. The van der Waals surface area contributed by atoms with E-state index >= 15 is 0 Å². The number of benzene rings is 2. The quantitative estimate of drug-likeness (QED) is 0.259. The van der Waals surface area contributed by atoms with Crippen molar-refractivity contribution in [3.63, 3.8) is 0 Å². The van der Waals surface area contributed by atoms with Gasteiger partial charge in [-0.15, -0.1) is 11.8 Å². The van der Waals surface area contributed by atoms with Crippen LogP contribution >= 0.6 is 24.0 Å². The Morgan fingerprint density at radius 3 is 2.22 bits per heavy atom. The second-order valence-corrected chi connectivity index (χ2v) is 11.1. The number of thiocarbonyl (C=S) groups is 1. The number of nitrogens with zero attached hydrogens (tertiary/aromatic N) is 2. The van der Waals surface area contributed by atoms with Crippen molar-refractivity contribution >= 4 is 47.0 Å². The molecule has 11 heteroatoms. The molecule has 2 amide bonds. The molecule has 3 rings (SSSR count). The van der Waals surface area contributed by atoms with Crippen molar-refractivity contribution in [2.75, 3.05) is 32.5 Å². The Kier molecular flexibility index (Phi) is 10.7. The van der Waals surface area contributed by atoms with Crippen molar-refractivity contribution in [1.29, 1.82) is 0 Å². The minimum atomic E-state index is -2.00. The van der Waals surface area contributed by atoms with Gasteiger partial charge in [-0.1, -0.05) is 6.07 Å². The third-order valence-corrected chi connectivity index (χ3v) is 6.74. The molecule has 0 aliphatic heterocycles. The first-order chi connectivity index (χ1) is 16.8. The number of anilines is 1. The molecule has 0 aromatic heterocycles. The van der Waals surface area contributed by atoms with E-state index in [-0.39, 0.29) is 17.9 Å². The normalized spacial score (nSPS) is 14.5. The van der Waals surface area contributed by atoms with E-state index in [1.807, 2.05) is 42.1 Å². The molecule has 1 unspecified atom stereocenters. The summed E-state index contributed by atoms with van der Waals surface area (Å²) in [4.78, 5) is 29.4. The number of hydrogen-bond acceptors (Lipinski definition) is 5. The van der Waals surface area contributed by atoms with Gasteiger partial charge in [0.1, 0.15) is 10.6 Å². The number of hydrogen-bond donors (Lipinski definition) is 2. The zero-order chi connectivity index (χ0) is 27.0. The molecular weight excluding hydrogens is 511 g/mol. The standard InChI is InChI=1S/C24H30FN3O3S.CF2S/c1-24(2,22(29)30)32-21-10-5-16-13-20(14-17(16)15-21)28(12-11-27(3)4)23(31)26-19-8-6-18(25)7-9-19;2-1(3)4/h5-10,15,20H,11-14H2,1-4H3,(H,26,31)(H,29,30);. The van der Waals surface area contributed by atoms with Crippen LogP contribution in [0.4, 0.5) is 23.7 Å². The number of nitrogens with one attached hydrogen (secondary N) is 1. The van der Waals surface area contributed by atoms with Crippen molar-refractivity contribution in [1.82, 2.24) is 9.80 Å². The zero-order valence-corrected chi connectivity index (χ0v) is 22.2. The Morgan fingerprint density at radius 2 is 1.67 bits per heavy atom. The van der Waals surface area contributed by atoms with Crippen molar-refractivity contribution in [2.45, 2.75) is 42.4 Å². The average Bonchev–Trinajstić information content (AvgIpc) is 3.17. The van der Waals surface area contributed by atoms with Crippen LogP contribution in [0.3, 0.4) is 0 Å². The number of carbonyl (C=O) groups is 2. The fourth-order valence-corrected chi connectivity index (χ4v) is 4.69. The monoisotopic (exact) mass is 541 g/mol. The van der Waals surface area contributed by atoms with Gasteiger partial charge in [0.05, 0.1) is 0 Å². The number of rotatable bonds is 8. The van der Waals surface area contributed by atoms with Crippen LogP contribution in [-0.2, 0) is 17.6 Å².